The summed E-state index contributed by atoms with van der Waals surface area (Å²) < 4.78 is 10.8. The lowest BCUT2D eigenvalue weighted by Crippen LogP contribution is -2.46. The lowest BCUT2D eigenvalue weighted by molar-refractivity contribution is 0.0614. The number of amides is 1. The summed E-state index contributed by atoms with van der Waals surface area (Å²) in [4.78, 5) is 23.3. The Morgan fingerprint density at radius 2 is 2.07 bits per heavy atom. The maximum Gasteiger partial charge on any atom is 0.289 e. The van der Waals surface area contributed by atoms with Crippen LogP contribution in [0.15, 0.2) is 51.9 Å². The van der Waals surface area contributed by atoms with Crippen LogP contribution in [0.5, 0.6) is 0 Å². The molecule has 0 atom stereocenters. The number of likely N-dealkylation sites (tertiary alicyclic amines) is 1. The molecule has 2 fully saturated rings. The first-order valence-corrected chi connectivity index (χ1v) is 9.81. The van der Waals surface area contributed by atoms with E-state index >= 15 is 0 Å². The predicted molar refractivity (Wildman–Crippen MR) is 100 cm³/mol. The third kappa shape index (κ3) is 3.21. The summed E-state index contributed by atoms with van der Waals surface area (Å²) in [6.07, 6.45) is 10.3. The van der Waals surface area contributed by atoms with Gasteiger partial charge in [0.05, 0.1) is 11.8 Å². The highest BCUT2D eigenvalue weighted by Crippen LogP contribution is 2.46. The lowest BCUT2D eigenvalue weighted by Gasteiger charge is -2.39. The molecular weight excluding hydrogens is 356 g/mol. The van der Waals surface area contributed by atoms with Crippen molar-refractivity contribution >= 4 is 5.91 Å². The third-order valence-electron chi connectivity index (χ3n) is 5.92. The SMILES string of the molecule is O=C(c1ccco1)N1CCC(CC2CC2)(c2noc(-c3cccnc3)n2)CC1. The molecule has 3 aromatic rings. The number of hydrogen-bond donors (Lipinski definition) is 0. The molecule has 144 valence electrons. The number of carbonyl (C=O) groups excluding carboxylic acids is 1. The topological polar surface area (TPSA) is 85.3 Å². The van der Waals surface area contributed by atoms with Crippen molar-refractivity contribution in [2.24, 2.45) is 5.92 Å². The van der Waals surface area contributed by atoms with Gasteiger partial charge in [-0.3, -0.25) is 9.78 Å². The summed E-state index contributed by atoms with van der Waals surface area (Å²) in [7, 11) is 0. The van der Waals surface area contributed by atoms with Crippen LogP contribution < -0.4 is 0 Å². The van der Waals surface area contributed by atoms with Gasteiger partial charge in [0.2, 0.25) is 0 Å². The van der Waals surface area contributed by atoms with Crippen LogP contribution in [0.3, 0.4) is 0 Å². The van der Waals surface area contributed by atoms with Crippen molar-refractivity contribution in [2.45, 2.75) is 37.5 Å². The number of hydrogen-bond acceptors (Lipinski definition) is 6. The molecule has 1 saturated carbocycles. The van der Waals surface area contributed by atoms with Crippen molar-refractivity contribution in [1.29, 1.82) is 0 Å². The molecule has 7 heteroatoms. The zero-order chi connectivity index (χ0) is 19.0. The Morgan fingerprint density at radius 1 is 1.21 bits per heavy atom. The smallest absolute Gasteiger partial charge is 0.289 e. The van der Waals surface area contributed by atoms with E-state index in [1.807, 2.05) is 17.0 Å². The van der Waals surface area contributed by atoms with E-state index in [2.05, 4.69) is 10.1 Å². The Balaban J connectivity index is 1.37. The summed E-state index contributed by atoms with van der Waals surface area (Å²) >= 11 is 0. The van der Waals surface area contributed by atoms with Crippen molar-refractivity contribution in [3.05, 3.63) is 54.5 Å². The molecule has 0 unspecified atom stereocenters. The highest BCUT2D eigenvalue weighted by Gasteiger charge is 2.45. The van der Waals surface area contributed by atoms with Gasteiger partial charge in [-0.1, -0.05) is 18.0 Å². The third-order valence-corrected chi connectivity index (χ3v) is 5.92. The summed E-state index contributed by atoms with van der Waals surface area (Å²) in [5, 5.41) is 4.35. The first kappa shape index (κ1) is 17.2. The van der Waals surface area contributed by atoms with E-state index in [-0.39, 0.29) is 11.3 Å². The van der Waals surface area contributed by atoms with Gasteiger partial charge in [-0.05, 0) is 49.4 Å². The predicted octanol–water partition coefficient (Wildman–Crippen LogP) is 3.70. The average Bonchev–Trinajstić information content (AvgIpc) is 3.21. The van der Waals surface area contributed by atoms with E-state index in [1.54, 1.807) is 24.5 Å². The summed E-state index contributed by atoms with van der Waals surface area (Å²) in [5.41, 5.74) is 0.693. The van der Waals surface area contributed by atoms with Gasteiger partial charge in [-0.2, -0.15) is 4.98 Å². The van der Waals surface area contributed by atoms with Crippen molar-refractivity contribution in [1.82, 2.24) is 20.0 Å². The first-order valence-electron chi connectivity index (χ1n) is 9.81. The minimum absolute atomic E-state index is 0.0471. The molecule has 1 aliphatic carbocycles. The number of carbonyl (C=O) groups is 1. The number of pyridine rings is 1. The van der Waals surface area contributed by atoms with Crippen LogP contribution in [0.4, 0.5) is 0 Å². The van der Waals surface area contributed by atoms with Crippen LogP contribution in [0, 0.1) is 5.92 Å². The number of aromatic nitrogens is 3. The van der Waals surface area contributed by atoms with E-state index in [4.69, 9.17) is 13.9 Å². The first-order chi connectivity index (χ1) is 13.7. The van der Waals surface area contributed by atoms with Crippen LogP contribution in [-0.2, 0) is 5.41 Å². The molecule has 2 aliphatic rings. The van der Waals surface area contributed by atoms with Gasteiger partial charge in [-0.15, -0.1) is 0 Å². The Morgan fingerprint density at radius 3 is 2.75 bits per heavy atom. The molecule has 0 bridgehead atoms. The normalized spacial score (nSPS) is 18.9. The monoisotopic (exact) mass is 378 g/mol. The molecule has 4 heterocycles. The Bertz CT molecular complexity index is 939. The Kier molecular flexibility index (Phi) is 4.22. The molecule has 0 spiro atoms. The van der Waals surface area contributed by atoms with Gasteiger partial charge >= 0.3 is 0 Å². The van der Waals surface area contributed by atoms with E-state index in [1.165, 1.54) is 19.1 Å². The fourth-order valence-electron chi connectivity index (χ4n) is 4.13. The van der Waals surface area contributed by atoms with E-state index in [0.717, 1.165) is 36.6 Å². The highest BCUT2D eigenvalue weighted by atomic mass is 16.5. The molecule has 7 nitrogen and oxygen atoms in total. The number of furan rings is 1. The van der Waals surface area contributed by atoms with Crippen LogP contribution in [0.1, 0.15) is 48.5 Å². The van der Waals surface area contributed by atoms with Crippen LogP contribution in [0.2, 0.25) is 0 Å². The van der Waals surface area contributed by atoms with E-state index in [0.29, 0.717) is 24.7 Å². The highest BCUT2D eigenvalue weighted by molar-refractivity contribution is 5.91. The standard InChI is InChI=1S/C21H22N4O3/c26-19(17-4-2-12-27-17)25-10-7-21(8-11-25,13-15-5-6-15)20-23-18(28-24-20)16-3-1-9-22-14-16/h1-4,9,12,14-15H,5-8,10-11,13H2. The Labute approximate surface area is 162 Å². The summed E-state index contributed by atoms with van der Waals surface area (Å²) in [5.74, 6) is 2.35. The van der Waals surface area contributed by atoms with Crippen molar-refractivity contribution < 1.29 is 13.7 Å². The van der Waals surface area contributed by atoms with Crippen molar-refractivity contribution in [2.75, 3.05) is 13.1 Å². The second-order valence-electron chi connectivity index (χ2n) is 7.86. The largest absolute Gasteiger partial charge is 0.459 e. The fourth-order valence-corrected chi connectivity index (χ4v) is 4.13. The maximum absolute atomic E-state index is 12.6. The molecular formula is C21H22N4O3. The zero-order valence-electron chi connectivity index (χ0n) is 15.6. The molecule has 0 aromatic carbocycles. The van der Waals surface area contributed by atoms with Gasteiger partial charge in [-0.25, -0.2) is 0 Å². The number of rotatable bonds is 5. The van der Waals surface area contributed by atoms with Crippen LogP contribution in [-0.4, -0.2) is 39.0 Å². The minimum Gasteiger partial charge on any atom is -0.459 e. The van der Waals surface area contributed by atoms with Crippen LogP contribution in [0.25, 0.3) is 11.5 Å². The van der Waals surface area contributed by atoms with E-state index in [9.17, 15) is 4.79 Å². The minimum atomic E-state index is -0.134. The molecule has 28 heavy (non-hydrogen) atoms. The van der Waals surface area contributed by atoms with Gasteiger partial charge in [0.15, 0.2) is 11.6 Å². The second kappa shape index (κ2) is 6.89. The maximum atomic E-state index is 12.6. The Hall–Kier alpha value is -2.96. The number of piperidine rings is 1. The van der Waals surface area contributed by atoms with Gasteiger partial charge in [0.1, 0.15) is 0 Å². The van der Waals surface area contributed by atoms with Gasteiger partial charge in [0.25, 0.3) is 11.8 Å². The zero-order valence-corrected chi connectivity index (χ0v) is 15.6. The fraction of sp³-hybridized carbons (Fsp3) is 0.429. The van der Waals surface area contributed by atoms with Gasteiger partial charge < -0.3 is 13.8 Å². The van der Waals surface area contributed by atoms with Gasteiger partial charge in [0, 0.05) is 30.9 Å². The molecule has 0 radical (unpaired) electrons. The van der Waals surface area contributed by atoms with E-state index < -0.39 is 0 Å². The molecule has 3 aromatic heterocycles. The average molecular weight is 378 g/mol. The second-order valence-corrected chi connectivity index (χ2v) is 7.86. The molecule has 0 N–H and O–H groups in total. The number of nitrogens with zero attached hydrogens (tertiary/aromatic N) is 4. The molecule has 1 aliphatic heterocycles. The lowest BCUT2D eigenvalue weighted by atomic mass is 9.73. The van der Waals surface area contributed by atoms with Crippen molar-refractivity contribution in [3.63, 3.8) is 0 Å². The molecule has 1 amide bonds. The molecule has 1 saturated heterocycles. The summed E-state index contributed by atoms with van der Waals surface area (Å²) in [6, 6.07) is 7.24. The quantitative estimate of drug-likeness (QED) is 0.673. The molecule has 5 rings (SSSR count). The summed E-state index contributed by atoms with van der Waals surface area (Å²) in [6.45, 7) is 1.34. The van der Waals surface area contributed by atoms with Crippen molar-refractivity contribution in [3.8, 4) is 11.5 Å². The van der Waals surface area contributed by atoms with Crippen LogP contribution >= 0.6 is 0 Å².